The number of imidazole rings is 1. The molecule has 1 N–H and O–H groups in total. The highest BCUT2D eigenvalue weighted by atomic mass is 16.5. The Morgan fingerprint density at radius 1 is 1.40 bits per heavy atom. The van der Waals surface area contributed by atoms with Gasteiger partial charge in [0.25, 0.3) is 0 Å². The number of hydrogen-bond acceptors (Lipinski definition) is 3. The fourth-order valence-electron chi connectivity index (χ4n) is 1.95. The molecule has 0 saturated carbocycles. The molecule has 2 aromatic rings. The van der Waals surface area contributed by atoms with Crippen LogP contribution in [0.25, 0.3) is 11.2 Å². The van der Waals surface area contributed by atoms with Crippen LogP contribution in [-0.2, 0) is 4.74 Å². The molecule has 1 aliphatic rings. The summed E-state index contributed by atoms with van der Waals surface area (Å²) in [5.41, 5.74) is 2.84. The molecule has 78 valence electrons. The van der Waals surface area contributed by atoms with Crippen LogP contribution in [0, 0.1) is 6.92 Å². The van der Waals surface area contributed by atoms with Gasteiger partial charge in [-0.05, 0) is 25.5 Å². The Hall–Kier alpha value is -1.42. The van der Waals surface area contributed by atoms with Crippen LogP contribution in [0.4, 0.5) is 0 Å². The van der Waals surface area contributed by atoms with Crippen LogP contribution >= 0.6 is 0 Å². The van der Waals surface area contributed by atoms with Gasteiger partial charge in [0.15, 0.2) is 5.65 Å². The van der Waals surface area contributed by atoms with Gasteiger partial charge in [0.05, 0.1) is 12.1 Å². The van der Waals surface area contributed by atoms with Gasteiger partial charge in [0, 0.05) is 18.2 Å². The van der Waals surface area contributed by atoms with E-state index in [0.29, 0.717) is 5.92 Å². The molecule has 0 radical (unpaired) electrons. The minimum absolute atomic E-state index is 0.416. The molecule has 3 heterocycles. The number of ether oxygens (including phenoxy) is 1. The zero-order chi connectivity index (χ0) is 10.3. The van der Waals surface area contributed by atoms with Crippen LogP contribution < -0.4 is 0 Å². The van der Waals surface area contributed by atoms with Gasteiger partial charge in [-0.1, -0.05) is 0 Å². The predicted molar refractivity (Wildman–Crippen MR) is 56.8 cm³/mol. The molecule has 1 unspecified atom stereocenters. The van der Waals surface area contributed by atoms with Crippen LogP contribution in [0.2, 0.25) is 0 Å². The molecule has 1 fully saturated rings. The first-order valence-corrected chi connectivity index (χ1v) is 5.24. The Labute approximate surface area is 87.7 Å². The van der Waals surface area contributed by atoms with Crippen LogP contribution in [0.1, 0.15) is 23.9 Å². The number of rotatable bonds is 1. The SMILES string of the molecule is Cc1ccc2[nH]c(C3CCOC3)nc2n1. The molecular formula is C11H13N3O. The first-order chi connectivity index (χ1) is 7.33. The van der Waals surface area contributed by atoms with E-state index in [1.807, 2.05) is 19.1 Å². The second-order valence-electron chi connectivity index (χ2n) is 4.01. The van der Waals surface area contributed by atoms with Crippen molar-refractivity contribution in [3.05, 3.63) is 23.7 Å². The average Bonchev–Trinajstić information content (AvgIpc) is 2.84. The highest BCUT2D eigenvalue weighted by Crippen LogP contribution is 2.24. The molecule has 3 rings (SSSR count). The Balaban J connectivity index is 2.05. The van der Waals surface area contributed by atoms with Crippen molar-refractivity contribution in [2.75, 3.05) is 13.2 Å². The quantitative estimate of drug-likeness (QED) is 0.768. The summed E-state index contributed by atoms with van der Waals surface area (Å²) in [6, 6.07) is 4.03. The van der Waals surface area contributed by atoms with Crippen molar-refractivity contribution in [2.45, 2.75) is 19.3 Å². The maximum atomic E-state index is 5.35. The fraction of sp³-hybridized carbons (Fsp3) is 0.455. The van der Waals surface area contributed by atoms with E-state index in [0.717, 1.165) is 42.3 Å². The van der Waals surface area contributed by atoms with E-state index in [9.17, 15) is 0 Å². The molecule has 0 bridgehead atoms. The van der Waals surface area contributed by atoms with E-state index in [1.54, 1.807) is 0 Å². The largest absolute Gasteiger partial charge is 0.381 e. The molecule has 2 aromatic heterocycles. The first-order valence-electron chi connectivity index (χ1n) is 5.24. The van der Waals surface area contributed by atoms with Gasteiger partial charge in [-0.15, -0.1) is 0 Å². The van der Waals surface area contributed by atoms with E-state index < -0.39 is 0 Å². The lowest BCUT2D eigenvalue weighted by Crippen LogP contribution is -1.99. The molecular weight excluding hydrogens is 190 g/mol. The number of aromatic nitrogens is 3. The number of aryl methyl sites for hydroxylation is 1. The number of nitrogens with one attached hydrogen (secondary N) is 1. The second-order valence-corrected chi connectivity index (χ2v) is 4.01. The van der Waals surface area contributed by atoms with Crippen LogP contribution in [0.3, 0.4) is 0 Å². The summed E-state index contributed by atoms with van der Waals surface area (Å²) in [5, 5.41) is 0. The van der Waals surface area contributed by atoms with Crippen LogP contribution in [0.15, 0.2) is 12.1 Å². The minimum Gasteiger partial charge on any atom is -0.381 e. The summed E-state index contributed by atoms with van der Waals surface area (Å²) in [6.07, 6.45) is 1.05. The molecule has 0 spiro atoms. The van der Waals surface area contributed by atoms with Gasteiger partial charge in [-0.25, -0.2) is 9.97 Å². The number of nitrogens with zero attached hydrogens (tertiary/aromatic N) is 2. The minimum atomic E-state index is 0.416. The van der Waals surface area contributed by atoms with Gasteiger partial charge in [-0.3, -0.25) is 0 Å². The fourth-order valence-corrected chi connectivity index (χ4v) is 1.95. The molecule has 0 aliphatic carbocycles. The Morgan fingerprint density at radius 3 is 3.13 bits per heavy atom. The molecule has 1 aliphatic heterocycles. The predicted octanol–water partition coefficient (Wildman–Crippen LogP) is 1.77. The summed E-state index contributed by atoms with van der Waals surface area (Å²) in [6.45, 7) is 3.60. The summed E-state index contributed by atoms with van der Waals surface area (Å²) in [4.78, 5) is 12.2. The Kier molecular flexibility index (Phi) is 1.95. The van der Waals surface area contributed by atoms with Gasteiger partial charge in [0.1, 0.15) is 5.82 Å². The number of H-pyrrole nitrogens is 1. The molecule has 4 heteroatoms. The van der Waals surface area contributed by atoms with Gasteiger partial charge in [-0.2, -0.15) is 0 Å². The van der Waals surface area contributed by atoms with Crippen LogP contribution in [-0.4, -0.2) is 28.2 Å². The summed E-state index contributed by atoms with van der Waals surface area (Å²) in [7, 11) is 0. The topological polar surface area (TPSA) is 50.8 Å². The molecule has 1 atom stereocenters. The van der Waals surface area contributed by atoms with Crippen molar-refractivity contribution in [1.29, 1.82) is 0 Å². The van der Waals surface area contributed by atoms with Crippen molar-refractivity contribution < 1.29 is 4.74 Å². The summed E-state index contributed by atoms with van der Waals surface area (Å²) >= 11 is 0. The maximum Gasteiger partial charge on any atom is 0.177 e. The van der Waals surface area contributed by atoms with E-state index in [4.69, 9.17) is 4.74 Å². The molecule has 15 heavy (non-hydrogen) atoms. The van der Waals surface area contributed by atoms with Gasteiger partial charge in [0.2, 0.25) is 0 Å². The summed E-state index contributed by atoms with van der Waals surface area (Å²) < 4.78 is 5.35. The lowest BCUT2D eigenvalue weighted by atomic mass is 10.1. The third-order valence-electron chi connectivity index (χ3n) is 2.82. The normalized spacial score (nSPS) is 21.3. The lowest BCUT2D eigenvalue weighted by Gasteiger charge is -2.00. The number of hydrogen-bond donors (Lipinski definition) is 1. The van der Waals surface area contributed by atoms with Crippen molar-refractivity contribution in [3.8, 4) is 0 Å². The molecule has 4 nitrogen and oxygen atoms in total. The summed E-state index contributed by atoms with van der Waals surface area (Å²) in [5.74, 6) is 1.43. The van der Waals surface area contributed by atoms with Crippen molar-refractivity contribution in [2.24, 2.45) is 0 Å². The molecule has 0 aromatic carbocycles. The standard InChI is InChI=1S/C11H13N3O/c1-7-2-3-9-11(12-7)14-10(13-9)8-4-5-15-6-8/h2-3,8H,4-6H2,1H3,(H,12,13,14). The highest BCUT2D eigenvalue weighted by molar-refractivity contribution is 5.70. The van der Waals surface area contributed by atoms with Crippen LogP contribution in [0.5, 0.6) is 0 Å². The Bertz CT molecular complexity index is 486. The molecule has 1 saturated heterocycles. The van der Waals surface area contributed by atoms with Crippen molar-refractivity contribution >= 4 is 11.2 Å². The Morgan fingerprint density at radius 2 is 2.33 bits per heavy atom. The highest BCUT2D eigenvalue weighted by Gasteiger charge is 2.21. The van der Waals surface area contributed by atoms with Gasteiger partial charge >= 0.3 is 0 Å². The van der Waals surface area contributed by atoms with Gasteiger partial charge < -0.3 is 9.72 Å². The third kappa shape index (κ3) is 1.51. The first kappa shape index (κ1) is 8.85. The smallest absolute Gasteiger partial charge is 0.177 e. The second kappa shape index (κ2) is 3.31. The van der Waals surface area contributed by atoms with Crippen molar-refractivity contribution in [1.82, 2.24) is 15.0 Å². The average molecular weight is 203 g/mol. The third-order valence-corrected chi connectivity index (χ3v) is 2.82. The monoisotopic (exact) mass is 203 g/mol. The maximum absolute atomic E-state index is 5.35. The van der Waals surface area contributed by atoms with E-state index in [-0.39, 0.29) is 0 Å². The van der Waals surface area contributed by atoms with E-state index >= 15 is 0 Å². The number of pyridine rings is 1. The lowest BCUT2D eigenvalue weighted by molar-refractivity contribution is 0.193. The van der Waals surface area contributed by atoms with E-state index in [2.05, 4.69) is 15.0 Å². The zero-order valence-electron chi connectivity index (χ0n) is 8.66. The molecule has 0 amide bonds. The zero-order valence-corrected chi connectivity index (χ0v) is 8.66. The number of fused-ring (bicyclic) bond motifs is 1. The van der Waals surface area contributed by atoms with E-state index in [1.165, 1.54) is 0 Å². The van der Waals surface area contributed by atoms with Crippen molar-refractivity contribution in [3.63, 3.8) is 0 Å². The number of aromatic amines is 1.